The number of hydrogen-bond acceptors (Lipinski definition) is 2. The molecule has 0 bridgehead atoms. The van der Waals surface area contributed by atoms with E-state index in [1.165, 1.54) is 0 Å². The van der Waals surface area contributed by atoms with Gasteiger partial charge >= 0.3 is 5.69 Å². The lowest BCUT2D eigenvalue weighted by Gasteiger charge is -2.17. The summed E-state index contributed by atoms with van der Waals surface area (Å²) in [6.07, 6.45) is 0.277. The summed E-state index contributed by atoms with van der Waals surface area (Å²) in [5.41, 5.74) is 2.49. The van der Waals surface area contributed by atoms with E-state index in [0.29, 0.717) is 6.54 Å². The molecule has 0 aliphatic carbocycles. The number of benzene rings is 2. The molecule has 0 aliphatic heterocycles. The molecule has 1 heterocycles. The third-order valence-corrected chi connectivity index (χ3v) is 4.12. The molecule has 0 aliphatic rings. The van der Waals surface area contributed by atoms with Crippen LogP contribution in [0, 0.1) is 0 Å². The topological polar surface area (TPSA) is 47.2 Å². The number of aromatic nitrogens is 2. The normalized spacial score (nSPS) is 10.9. The predicted octanol–water partition coefficient (Wildman–Crippen LogP) is 2.39. The standard InChI is InChI=1S/C18H19N3O2/c1-19(14-8-4-3-5-9-14)17(22)12-13-21-16-11-7-6-10-15(16)20(2)18(21)23/h3-11H,12-13H2,1-2H3. The van der Waals surface area contributed by atoms with Gasteiger partial charge in [0.15, 0.2) is 0 Å². The summed E-state index contributed by atoms with van der Waals surface area (Å²) in [7, 11) is 3.50. The molecule has 0 radical (unpaired) electrons. The molecule has 118 valence electrons. The molecule has 1 amide bonds. The quantitative estimate of drug-likeness (QED) is 0.743. The van der Waals surface area contributed by atoms with Gasteiger partial charge in [-0.3, -0.25) is 13.9 Å². The highest BCUT2D eigenvalue weighted by atomic mass is 16.2. The number of imidazole rings is 1. The van der Waals surface area contributed by atoms with E-state index in [1.807, 2.05) is 54.6 Å². The lowest BCUT2D eigenvalue weighted by atomic mass is 10.2. The monoisotopic (exact) mass is 309 g/mol. The Morgan fingerprint density at radius 3 is 2.30 bits per heavy atom. The summed E-state index contributed by atoms with van der Waals surface area (Å²) in [4.78, 5) is 26.3. The highest BCUT2D eigenvalue weighted by Gasteiger charge is 2.14. The van der Waals surface area contributed by atoms with Gasteiger partial charge in [-0.05, 0) is 24.3 Å². The van der Waals surface area contributed by atoms with Crippen molar-refractivity contribution in [1.82, 2.24) is 9.13 Å². The molecule has 0 saturated carbocycles. The molecular weight excluding hydrogens is 290 g/mol. The van der Waals surface area contributed by atoms with Crippen LogP contribution in [0.3, 0.4) is 0 Å². The zero-order valence-corrected chi connectivity index (χ0v) is 13.3. The highest BCUT2D eigenvalue weighted by Crippen LogP contribution is 2.14. The summed E-state index contributed by atoms with van der Waals surface area (Å²) in [5.74, 6) is -0.0176. The number of aryl methyl sites for hydroxylation is 2. The van der Waals surface area contributed by atoms with Crippen molar-refractivity contribution in [3.8, 4) is 0 Å². The molecule has 23 heavy (non-hydrogen) atoms. The first-order valence-corrected chi connectivity index (χ1v) is 7.55. The summed E-state index contributed by atoms with van der Waals surface area (Å²) in [5, 5.41) is 0. The Morgan fingerprint density at radius 2 is 1.61 bits per heavy atom. The second kappa shape index (κ2) is 6.12. The predicted molar refractivity (Wildman–Crippen MR) is 91.6 cm³/mol. The number of amides is 1. The maximum atomic E-state index is 12.4. The van der Waals surface area contributed by atoms with Crippen molar-refractivity contribution in [3.05, 3.63) is 65.1 Å². The van der Waals surface area contributed by atoms with Crippen LogP contribution in [-0.4, -0.2) is 22.1 Å². The minimum Gasteiger partial charge on any atom is -0.315 e. The fraction of sp³-hybridized carbons (Fsp3) is 0.222. The molecule has 1 aromatic heterocycles. The van der Waals surface area contributed by atoms with E-state index in [2.05, 4.69) is 0 Å². The second-order valence-electron chi connectivity index (χ2n) is 5.52. The van der Waals surface area contributed by atoms with Crippen molar-refractivity contribution in [2.45, 2.75) is 13.0 Å². The van der Waals surface area contributed by atoms with Crippen LogP contribution in [0.15, 0.2) is 59.4 Å². The molecule has 5 heteroatoms. The molecule has 0 saturated heterocycles. The Morgan fingerprint density at radius 1 is 1.00 bits per heavy atom. The number of rotatable bonds is 4. The molecule has 0 N–H and O–H groups in total. The zero-order valence-electron chi connectivity index (χ0n) is 13.3. The SMILES string of the molecule is CN(C(=O)CCn1c(=O)n(C)c2ccccc21)c1ccccc1. The van der Waals surface area contributed by atoms with Crippen molar-refractivity contribution in [2.75, 3.05) is 11.9 Å². The van der Waals surface area contributed by atoms with Gasteiger partial charge in [-0.1, -0.05) is 30.3 Å². The first-order valence-electron chi connectivity index (χ1n) is 7.55. The Kier molecular flexibility index (Phi) is 4.02. The lowest BCUT2D eigenvalue weighted by molar-refractivity contribution is -0.118. The molecule has 3 rings (SSSR count). The molecule has 5 nitrogen and oxygen atoms in total. The number of carbonyl (C=O) groups is 1. The smallest absolute Gasteiger partial charge is 0.315 e. The summed E-state index contributed by atoms with van der Waals surface area (Å²) in [6, 6.07) is 17.1. The van der Waals surface area contributed by atoms with E-state index in [4.69, 9.17) is 0 Å². The Labute approximate surface area is 134 Å². The molecule has 0 fully saturated rings. The first-order chi connectivity index (χ1) is 11.1. The number of para-hydroxylation sites is 3. The minimum absolute atomic E-state index is 0.0176. The van der Waals surface area contributed by atoms with Gasteiger partial charge in [-0.25, -0.2) is 4.79 Å². The van der Waals surface area contributed by atoms with Gasteiger partial charge in [0.25, 0.3) is 0 Å². The fourth-order valence-corrected chi connectivity index (χ4v) is 2.75. The number of fused-ring (bicyclic) bond motifs is 1. The number of carbonyl (C=O) groups excluding carboxylic acids is 1. The Hall–Kier alpha value is -2.82. The van der Waals surface area contributed by atoms with Crippen LogP contribution >= 0.6 is 0 Å². The Bertz CT molecular complexity index is 894. The van der Waals surface area contributed by atoms with Gasteiger partial charge in [0.2, 0.25) is 5.91 Å². The van der Waals surface area contributed by atoms with E-state index < -0.39 is 0 Å². The number of nitrogens with zero attached hydrogens (tertiary/aromatic N) is 3. The maximum absolute atomic E-state index is 12.4. The maximum Gasteiger partial charge on any atom is 0.328 e. The van der Waals surface area contributed by atoms with Crippen LogP contribution in [0.25, 0.3) is 11.0 Å². The molecule has 0 spiro atoms. The van der Waals surface area contributed by atoms with Crippen molar-refractivity contribution in [1.29, 1.82) is 0 Å². The minimum atomic E-state index is -0.0960. The van der Waals surface area contributed by atoms with Crippen LogP contribution in [0.4, 0.5) is 5.69 Å². The van der Waals surface area contributed by atoms with Crippen LogP contribution in [-0.2, 0) is 18.4 Å². The van der Waals surface area contributed by atoms with Crippen molar-refractivity contribution < 1.29 is 4.79 Å². The Balaban J connectivity index is 1.80. The van der Waals surface area contributed by atoms with Crippen LogP contribution < -0.4 is 10.6 Å². The lowest BCUT2D eigenvalue weighted by Crippen LogP contribution is -2.29. The average Bonchev–Trinajstić information content (AvgIpc) is 2.84. The molecule has 0 atom stereocenters. The first kappa shape index (κ1) is 15.1. The average molecular weight is 309 g/mol. The van der Waals surface area contributed by atoms with Gasteiger partial charge in [0.1, 0.15) is 0 Å². The van der Waals surface area contributed by atoms with Crippen molar-refractivity contribution >= 4 is 22.6 Å². The second-order valence-corrected chi connectivity index (χ2v) is 5.52. The van der Waals surface area contributed by atoms with Crippen molar-refractivity contribution in [3.63, 3.8) is 0 Å². The number of hydrogen-bond donors (Lipinski definition) is 0. The van der Waals surface area contributed by atoms with Gasteiger partial charge in [0.05, 0.1) is 11.0 Å². The zero-order chi connectivity index (χ0) is 16.4. The summed E-state index contributed by atoms with van der Waals surface area (Å²) >= 11 is 0. The van der Waals surface area contributed by atoms with E-state index in [0.717, 1.165) is 16.7 Å². The number of anilines is 1. The summed E-state index contributed by atoms with van der Waals surface area (Å²) < 4.78 is 3.27. The van der Waals surface area contributed by atoms with Crippen LogP contribution in [0.5, 0.6) is 0 Å². The fourth-order valence-electron chi connectivity index (χ4n) is 2.75. The molecular formula is C18H19N3O2. The van der Waals surface area contributed by atoms with Crippen LogP contribution in [0.2, 0.25) is 0 Å². The third kappa shape index (κ3) is 2.77. The van der Waals surface area contributed by atoms with Gasteiger partial charge in [-0.15, -0.1) is 0 Å². The van der Waals surface area contributed by atoms with E-state index in [-0.39, 0.29) is 18.0 Å². The van der Waals surface area contributed by atoms with Crippen LogP contribution in [0.1, 0.15) is 6.42 Å². The molecule has 2 aromatic carbocycles. The van der Waals surface area contributed by atoms with E-state index >= 15 is 0 Å². The van der Waals surface area contributed by atoms with Gasteiger partial charge in [-0.2, -0.15) is 0 Å². The van der Waals surface area contributed by atoms with E-state index in [9.17, 15) is 9.59 Å². The van der Waals surface area contributed by atoms with Crippen molar-refractivity contribution in [2.24, 2.45) is 7.05 Å². The molecule has 0 unspecified atom stereocenters. The van der Waals surface area contributed by atoms with Gasteiger partial charge in [0, 0.05) is 32.7 Å². The summed E-state index contributed by atoms with van der Waals surface area (Å²) in [6.45, 7) is 0.371. The highest BCUT2D eigenvalue weighted by molar-refractivity contribution is 5.92. The van der Waals surface area contributed by atoms with Gasteiger partial charge < -0.3 is 4.90 Å². The molecule has 3 aromatic rings. The largest absolute Gasteiger partial charge is 0.328 e. The van der Waals surface area contributed by atoms with E-state index in [1.54, 1.807) is 28.1 Å². The third-order valence-electron chi connectivity index (χ3n) is 4.12.